The molecule has 2 aromatic rings. The second-order valence-electron chi connectivity index (χ2n) is 5.66. The van der Waals surface area contributed by atoms with Crippen LogP contribution in [0.2, 0.25) is 0 Å². The van der Waals surface area contributed by atoms with E-state index in [4.69, 9.17) is 0 Å². The van der Waals surface area contributed by atoms with E-state index in [1.165, 1.54) is 6.07 Å². The molecule has 0 bridgehead atoms. The Bertz CT molecular complexity index is 643. The highest BCUT2D eigenvalue weighted by atomic mass is 19.4. The third-order valence-electron chi connectivity index (χ3n) is 4.00. The van der Waals surface area contributed by atoms with Crippen molar-refractivity contribution < 1.29 is 13.2 Å². The monoisotopic (exact) mass is 322 g/mol. The molecule has 1 unspecified atom stereocenters. The first-order valence-electron chi connectivity index (χ1n) is 7.36. The van der Waals surface area contributed by atoms with Crippen molar-refractivity contribution in [3.8, 4) is 0 Å². The van der Waals surface area contributed by atoms with Crippen LogP contribution in [0, 0.1) is 0 Å². The van der Waals surface area contributed by atoms with Crippen LogP contribution in [0.25, 0.3) is 0 Å². The molecule has 4 nitrogen and oxygen atoms in total. The maximum Gasteiger partial charge on any atom is 0.435 e. The lowest BCUT2D eigenvalue weighted by Gasteiger charge is -2.40. The second-order valence-corrected chi connectivity index (χ2v) is 5.66. The van der Waals surface area contributed by atoms with Gasteiger partial charge in [-0.15, -0.1) is 10.2 Å². The molecule has 23 heavy (non-hydrogen) atoms. The van der Waals surface area contributed by atoms with Crippen LogP contribution in [-0.2, 0) is 6.18 Å². The number of halogens is 3. The summed E-state index contributed by atoms with van der Waals surface area (Å²) in [4.78, 5) is 4.22. The van der Waals surface area contributed by atoms with Gasteiger partial charge >= 0.3 is 6.18 Å². The number of piperazine rings is 1. The van der Waals surface area contributed by atoms with E-state index in [-0.39, 0.29) is 6.04 Å². The van der Waals surface area contributed by atoms with E-state index in [1.54, 1.807) is 0 Å². The zero-order valence-electron chi connectivity index (χ0n) is 12.7. The summed E-state index contributed by atoms with van der Waals surface area (Å²) in [6.07, 6.45) is -4.47. The Morgan fingerprint density at radius 3 is 2.35 bits per heavy atom. The smallest absolute Gasteiger partial charge is 0.346 e. The molecule has 0 spiro atoms. The van der Waals surface area contributed by atoms with Crippen LogP contribution in [0.1, 0.15) is 17.3 Å². The Labute approximate surface area is 132 Å². The highest BCUT2D eigenvalue weighted by Gasteiger charge is 2.34. The molecule has 1 atom stereocenters. The van der Waals surface area contributed by atoms with Gasteiger partial charge in [0.1, 0.15) is 0 Å². The molecule has 1 fully saturated rings. The van der Waals surface area contributed by atoms with Gasteiger partial charge in [0.25, 0.3) is 0 Å². The summed E-state index contributed by atoms with van der Waals surface area (Å²) in [7, 11) is 2.03. The maximum absolute atomic E-state index is 12.6. The number of aromatic nitrogens is 2. The van der Waals surface area contributed by atoms with Crippen molar-refractivity contribution in [2.75, 3.05) is 31.6 Å². The van der Waals surface area contributed by atoms with Gasteiger partial charge in [0, 0.05) is 19.6 Å². The van der Waals surface area contributed by atoms with Crippen molar-refractivity contribution in [1.82, 2.24) is 15.1 Å². The van der Waals surface area contributed by atoms with Gasteiger partial charge in [-0.1, -0.05) is 30.3 Å². The molecule has 0 aliphatic carbocycles. The minimum atomic E-state index is -4.47. The SMILES string of the molecule is CN1CCN(c2ccc(C(F)(F)F)nn2)C(c2ccccc2)C1. The zero-order valence-corrected chi connectivity index (χ0v) is 12.7. The Hall–Kier alpha value is -2.15. The molecule has 0 amide bonds. The van der Waals surface area contributed by atoms with E-state index in [2.05, 4.69) is 15.1 Å². The molecule has 1 aromatic carbocycles. The lowest BCUT2D eigenvalue weighted by molar-refractivity contribution is -0.141. The molecule has 0 N–H and O–H groups in total. The molecule has 3 rings (SSSR count). The quantitative estimate of drug-likeness (QED) is 0.851. The zero-order chi connectivity index (χ0) is 16.4. The average Bonchev–Trinajstić information content (AvgIpc) is 2.55. The van der Waals surface area contributed by atoms with E-state index < -0.39 is 11.9 Å². The van der Waals surface area contributed by atoms with Crippen molar-refractivity contribution in [3.05, 3.63) is 53.7 Å². The molecule has 2 heterocycles. The number of likely N-dealkylation sites (N-methyl/N-ethyl adjacent to an activating group) is 1. The van der Waals surface area contributed by atoms with Crippen molar-refractivity contribution in [2.24, 2.45) is 0 Å². The van der Waals surface area contributed by atoms with Gasteiger partial charge in [-0.05, 0) is 24.7 Å². The fourth-order valence-corrected chi connectivity index (χ4v) is 2.78. The Balaban J connectivity index is 1.90. The van der Waals surface area contributed by atoms with Crippen LogP contribution in [0.4, 0.5) is 19.0 Å². The minimum absolute atomic E-state index is 0.0426. The van der Waals surface area contributed by atoms with Gasteiger partial charge in [-0.3, -0.25) is 0 Å². The maximum atomic E-state index is 12.6. The Kier molecular flexibility index (Phi) is 4.21. The number of nitrogens with zero attached hydrogens (tertiary/aromatic N) is 4. The molecule has 7 heteroatoms. The van der Waals surface area contributed by atoms with Crippen LogP contribution in [0.5, 0.6) is 0 Å². The summed E-state index contributed by atoms with van der Waals surface area (Å²) in [6.45, 7) is 2.30. The fourth-order valence-electron chi connectivity index (χ4n) is 2.78. The molecule has 122 valence electrons. The number of hydrogen-bond donors (Lipinski definition) is 0. The van der Waals surface area contributed by atoms with Crippen LogP contribution in [0.15, 0.2) is 42.5 Å². The molecular formula is C16H17F3N4. The van der Waals surface area contributed by atoms with Gasteiger partial charge in [0.05, 0.1) is 6.04 Å². The third kappa shape index (κ3) is 3.44. The van der Waals surface area contributed by atoms with Crippen LogP contribution in [-0.4, -0.2) is 41.8 Å². The van der Waals surface area contributed by atoms with E-state index >= 15 is 0 Å². The Morgan fingerprint density at radius 1 is 1.00 bits per heavy atom. The van der Waals surface area contributed by atoms with Gasteiger partial charge in [-0.25, -0.2) is 0 Å². The van der Waals surface area contributed by atoms with E-state index in [0.717, 1.165) is 24.7 Å². The molecule has 0 saturated carbocycles. The number of benzene rings is 1. The van der Waals surface area contributed by atoms with Gasteiger partial charge < -0.3 is 9.80 Å². The van der Waals surface area contributed by atoms with Crippen LogP contribution in [0.3, 0.4) is 0 Å². The summed E-state index contributed by atoms with van der Waals surface area (Å²) in [5.41, 5.74) is 0.146. The average molecular weight is 322 g/mol. The summed E-state index contributed by atoms with van der Waals surface area (Å²) < 4.78 is 37.9. The fraction of sp³-hybridized carbons (Fsp3) is 0.375. The normalized spacial score (nSPS) is 19.8. The highest BCUT2D eigenvalue weighted by Crippen LogP contribution is 2.31. The molecular weight excluding hydrogens is 305 g/mol. The first-order chi connectivity index (χ1) is 10.9. The first kappa shape index (κ1) is 15.7. The summed E-state index contributed by atoms with van der Waals surface area (Å²) in [5.74, 6) is 0.472. The van der Waals surface area contributed by atoms with E-state index in [9.17, 15) is 13.2 Å². The largest absolute Gasteiger partial charge is 0.435 e. The van der Waals surface area contributed by atoms with Gasteiger partial charge in [-0.2, -0.15) is 13.2 Å². The topological polar surface area (TPSA) is 32.3 Å². The van der Waals surface area contributed by atoms with Crippen molar-refractivity contribution >= 4 is 5.82 Å². The van der Waals surface area contributed by atoms with Crippen molar-refractivity contribution in [3.63, 3.8) is 0 Å². The molecule has 0 radical (unpaired) electrons. The number of hydrogen-bond acceptors (Lipinski definition) is 4. The molecule has 1 aromatic heterocycles. The third-order valence-corrected chi connectivity index (χ3v) is 4.00. The summed E-state index contributed by atoms with van der Waals surface area (Å²) in [6, 6.07) is 12.3. The van der Waals surface area contributed by atoms with E-state index in [0.29, 0.717) is 12.4 Å². The number of anilines is 1. The van der Waals surface area contributed by atoms with Gasteiger partial charge in [0.15, 0.2) is 11.5 Å². The predicted molar refractivity (Wildman–Crippen MR) is 81.1 cm³/mol. The Morgan fingerprint density at radius 2 is 1.74 bits per heavy atom. The lowest BCUT2D eigenvalue weighted by atomic mass is 10.0. The molecule has 1 aliphatic rings. The summed E-state index contributed by atoms with van der Waals surface area (Å²) >= 11 is 0. The predicted octanol–water partition coefficient (Wildman–Crippen LogP) is 2.99. The number of alkyl halides is 3. The molecule has 1 aliphatic heterocycles. The van der Waals surface area contributed by atoms with Gasteiger partial charge in [0.2, 0.25) is 0 Å². The standard InChI is InChI=1S/C16H17F3N4/c1-22-9-10-23(13(11-22)12-5-3-2-4-6-12)15-8-7-14(20-21-15)16(17,18)19/h2-8,13H,9-11H2,1H3. The first-order valence-corrected chi connectivity index (χ1v) is 7.36. The summed E-state index contributed by atoms with van der Waals surface area (Å²) in [5, 5.41) is 7.15. The molecule has 1 saturated heterocycles. The van der Waals surface area contributed by atoms with Crippen molar-refractivity contribution in [1.29, 1.82) is 0 Å². The van der Waals surface area contributed by atoms with Crippen LogP contribution < -0.4 is 4.90 Å². The minimum Gasteiger partial charge on any atom is -0.346 e. The van der Waals surface area contributed by atoms with E-state index in [1.807, 2.05) is 42.3 Å². The lowest BCUT2D eigenvalue weighted by Crippen LogP contribution is -2.47. The highest BCUT2D eigenvalue weighted by molar-refractivity contribution is 5.43. The number of rotatable bonds is 2. The van der Waals surface area contributed by atoms with Crippen LogP contribution >= 0.6 is 0 Å². The van der Waals surface area contributed by atoms with Crippen molar-refractivity contribution in [2.45, 2.75) is 12.2 Å². The second kappa shape index (κ2) is 6.16.